The molecule has 3 N–H and O–H groups in total. The molecule has 8 rings (SSSR count). The van der Waals surface area contributed by atoms with Gasteiger partial charge < -0.3 is 20.9 Å². The van der Waals surface area contributed by atoms with E-state index < -0.39 is 23.9 Å². The fraction of sp³-hybridized carbons (Fsp3) is 0.343. The highest BCUT2D eigenvalue weighted by atomic mass is 19.1. The summed E-state index contributed by atoms with van der Waals surface area (Å²) >= 11 is 0. The van der Waals surface area contributed by atoms with Crippen LogP contribution < -0.4 is 20.9 Å². The predicted octanol–water partition coefficient (Wildman–Crippen LogP) is 4.69. The average molecular weight is 623 g/mol. The molecule has 0 aromatic heterocycles. The quantitative estimate of drug-likeness (QED) is 0.382. The van der Waals surface area contributed by atoms with Crippen LogP contribution in [0.4, 0.5) is 26.2 Å². The van der Waals surface area contributed by atoms with Gasteiger partial charge in [-0.15, -0.1) is 0 Å². The number of nitrogens with one attached hydrogen (secondary N) is 3. The van der Waals surface area contributed by atoms with Gasteiger partial charge >= 0.3 is 6.03 Å². The number of carbonyl (C=O) groups is 4. The summed E-state index contributed by atoms with van der Waals surface area (Å²) in [5, 5.41) is 8.24. The van der Waals surface area contributed by atoms with Gasteiger partial charge in [0.1, 0.15) is 12.4 Å². The van der Waals surface area contributed by atoms with Crippen molar-refractivity contribution in [3.63, 3.8) is 0 Å². The highest BCUT2D eigenvalue weighted by molar-refractivity contribution is 6.21. The number of rotatable bonds is 5. The van der Waals surface area contributed by atoms with E-state index in [9.17, 15) is 19.2 Å². The molecule has 1 aliphatic carbocycles. The molecule has 5 aliphatic rings. The number of carbonyl (C=O) groups excluding carboxylic acids is 4. The van der Waals surface area contributed by atoms with Crippen molar-refractivity contribution in [1.29, 1.82) is 0 Å². The zero-order valence-electron chi connectivity index (χ0n) is 25.3. The van der Waals surface area contributed by atoms with E-state index in [1.54, 1.807) is 60.7 Å². The molecule has 4 aliphatic heterocycles. The van der Waals surface area contributed by atoms with Gasteiger partial charge in [0, 0.05) is 42.0 Å². The lowest BCUT2D eigenvalue weighted by Gasteiger charge is -2.29. The van der Waals surface area contributed by atoms with Gasteiger partial charge in [-0.3, -0.25) is 19.3 Å². The highest BCUT2D eigenvalue weighted by Gasteiger charge is 2.37. The van der Waals surface area contributed by atoms with Crippen LogP contribution in [-0.2, 0) is 20.8 Å². The Kier molecular flexibility index (Phi) is 7.98. The zero-order valence-corrected chi connectivity index (χ0v) is 25.3. The predicted molar refractivity (Wildman–Crippen MR) is 172 cm³/mol. The van der Waals surface area contributed by atoms with E-state index in [2.05, 4.69) is 20.9 Å². The van der Waals surface area contributed by atoms with Crippen molar-refractivity contribution in [3.8, 4) is 0 Å². The minimum atomic E-state index is -1.45. The Balaban J connectivity index is 1.20. The third-order valence-corrected chi connectivity index (χ3v) is 9.43. The van der Waals surface area contributed by atoms with Crippen molar-refractivity contribution in [2.45, 2.75) is 44.7 Å². The fourth-order valence-corrected chi connectivity index (χ4v) is 7.04. The topological polar surface area (TPSA) is 123 Å². The Morgan fingerprint density at radius 3 is 2.33 bits per heavy atom. The molecule has 0 radical (unpaired) electrons. The van der Waals surface area contributed by atoms with Gasteiger partial charge in [0.2, 0.25) is 18.0 Å². The summed E-state index contributed by atoms with van der Waals surface area (Å²) in [6.45, 7) is 1.11. The average Bonchev–Trinajstić information content (AvgIpc) is 3.44. The minimum absolute atomic E-state index is 0.0615. The van der Waals surface area contributed by atoms with Crippen LogP contribution in [0.5, 0.6) is 0 Å². The molecule has 0 spiro atoms. The van der Waals surface area contributed by atoms with Gasteiger partial charge in [0.25, 0.3) is 5.91 Å². The first-order valence-corrected chi connectivity index (χ1v) is 15.8. The van der Waals surface area contributed by atoms with Gasteiger partial charge in [0.15, 0.2) is 0 Å². The molecule has 1 unspecified atom stereocenters. The number of aryl methyl sites for hydroxylation is 1. The number of nitrogens with zero attached hydrogens (tertiary/aromatic N) is 3. The Bertz CT molecular complexity index is 1740. The molecule has 3 aromatic rings. The van der Waals surface area contributed by atoms with E-state index in [0.29, 0.717) is 60.4 Å². The van der Waals surface area contributed by atoms with Crippen molar-refractivity contribution < 1.29 is 23.6 Å². The maximum atomic E-state index is 15.2. The van der Waals surface area contributed by atoms with Gasteiger partial charge in [0.05, 0.1) is 11.4 Å². The normalized spacial score (nSPS) is 22.1. The first-order chi connectivity index (χ1) is 22.3. The Hall–Kier alpha value is -5.06. The van der Waals surface area contributed by atoms with E-state index in [0.717, 1.165) is 31.2 Å². The number of urea groups is 1. The van der Waals surface area contributed by atoms with Gasteiger partial charge in [-0.25, -0.2) is 14.2 Å². The van der Waals surface area contributed by atoms with Crippen LogP contribution in [0.2, 0.25) is 0 Å². The highest BCUT2D eigenvalue weighted by Crippen LogP contribution is 2.35. The second-order valence-electron chi connectivity index (χ2n) is 12.5. The van der Waals surface area contributed by atoms with Crippen LogP contribution in [0.15, 0.2) is 71.7 Å². The summed E-state index contributed by atoms with van der Waals surface area (Å²) in [7, 11) is 0. The van der Waals surface area contributed by atoms with E-state index >= 15 is 4.39 Å². The largest absolute Gasteiger partial charge is 0.341 e. The first-order valence-electron chi connectivity index (χ1n) is 15.8. The van der Waals surface area contributed by atoms with Crippen LogP contribution >= 0.6 is 0 Å². The molecule has 5 amide bonds. The summed E-state index contributed by atoms with van der Waals surface area (Å²) in [6, 6.07) is 17.6. The number of hydrogen-bond donors (Lipinski definition) is 3. The number of benzodiazepines with no additional fused rings is 1. The number of aliphatic imine (C=N–C) groups is 1. The van der Waals surface area contributed by atoms with Crippen LogP contribution in [0.3, 0.4) is 0 Å². The fourth-order valence-electron chi connectivity index (χ4n) is 7.04. The summed E-state index contributed by atoms with van der Waals surface area (Å²) in [5.41, 5.74) is 3.30. The Labute approximate surface area is 266 Å². The molecule has 236 valence electrons. The molecule has 1 atom stereocenters. The zero-order chi connectivity index (χ0) is 31.8. The second-order valence-corrected chi connectivity index (χ2v) is 12.5. The van der Waals surface area contributed by atoms with Crippen molar-refractivity contribution in [1.82, 2.24) is 10.2 Å². The van der Waals surface area contributed by atoms with Gasteiger partial charge in [-0.1, -0.05) is 30.3 Å². The lowest BCUT2D eigenvalue weighted by atomic mass is 9.84. The number of para-hydroxylation sites is 1. The number of halogens is 1. The van der Waals surface area contributed by atoms with Crippen molar-refractivity contribution in [3.05, 3.63) is 89.2 Å². The molecule has 3 fully saturated rings. The summed E-state index contributed by atoms with van der Waals surface area (Å²) in [5.74, 6) is -0.438. The summed E-state index contributed by atoms with van der Waals surface area (Å²) < 4.78 is 15.2. The molecule has 1 saturated carbocycles. The van der Waals surface area contributed by atoms with Crippen molar-refractivity contribution >= 4 is 46.5 Å². The monoisotopic (exact) mass is 622 g/mol. The van der Waals surface area contributed by atoms with Gasteiger partial charge in [-0.2, -0.15) is 0 Å². The van der Waals surface area contributed by atoms with Crippen molar-refractivity contribution in [2.75, 3.05) is 35.2 Å². The number of anilines is 3. The SMILES string of the molecule is O=C1CCc2cc(NC(=O)NC3N=C(c4ccccc4F)c4ccccc4N(CC(=O)N4CC5CCC(CC5)C4)C3=O)ccc2N1. The number of amides is 5. The second kappa shape index (κ2) is 12.4. The Morgan fingerprint density at radius 2 is 1.59 bits per heavy atom. The molecule has 10 nitrogen and oxygen atoms in total. The lowest BCUT2D eigenvalue weighted by molar-refractivity contribution is -0.132. The molecule has 2 saturated heterocycles. The molecule has 4 heterocycles. The standard InChI is InChI=1S/C35H35FN6O4/c36-27-7-3-1-5-25(27)32-26-6-2-4-8-29(26)42(20-31(44)41-18-21-9-10-22(19-41)12-11-21)34(45)33(39-32)40-35(46)37-24-14-15-28-23(17-24)13-16-30(43)38-28/h1-8,14-15,17,21-22,33H,9-13,16,18-20H2,(H,38,43)(H2,37,40,46). The van der Waals surface area contributed by atoms with E-state index in [4.69, 9.17) is 0 Å². The summed E-state index contributed by atoms with van der Waals surface area (Å²) in [4.78, 5) is 61.1. The van der Waals surface area contributed by atoms with E-state index in [-0.39, 0.29) is 29.6 Å². The lowest BCUT2D eigenvalue weighted by Crippen LogP contribution is -2.51. The van der Waals surface area contributed by atoms with Crippen LogP contribution in [0.1, 0.15) is 48.8 Å². The molecular weight excluding hydrogens is 587 g/mol. The van der Waals surface area contributed by atoms with Crippen LogP contribution in [-0.4, -0.2) is 60.2 Å². The Morgan fingerprint density at radius 1 is 0.891 bits per heavy atom. The smallest absolute Gasteiger partial charge is 0.321 e. The van der Waals surface area contributed by atoms with Crippen molar-refractivity contribution in [2.24, 2.45) is 16.8 Å². The van der Waals surface area contributed by atoms with Crippen LogP contribution in [0, 0.1) is 17.7 Å². The minimum Gasteiger partial charge on any atom is -0.341 e. The van der Waals surface area contributed by atoms with Crippen LogP contribution in [0.25, 0.3) is 0 Å². The number of fused-ring (bicyclic) bond motifs is 6. The number of benzene rings is 3. The maximum Gasteiger partial charge on any atom is 0.321 e. The molecule has 2 bridgehead atoms. The molecule has 46 heavy (non-hydrogen) atoms. The van der Waals surface area contributed by atoms with E-state index in [1.807, 2.05) is 4.90 Å². The maximum absolute atomic E-state index is 15.2. The molecule has 3 aromatic carbocycles. The molecular formula is C35H35FN6O4. The first kappa shape index (κ1) is 29.6. The van der Waals surface area contributed by atoms with E-state index in [1.165, 1.54) is 11.0 Å². The number of hydrogen-bond acceptors (Lipinski definition) is 5. The van der Waals surface area contributed by atoms with Gasteiger partial charge in [-0.05, 0) is 85.9 Å². The molecule has 11 heteroatoms. The summed E-state index contributed by atoms with van der Waals surface area (Å²) in [6.07, 6.45) is 3.88. The third kappa shape index (κ3) is 5.96. The third-order valence-electron chi connectivity index (χ3n) is 9.43.